The van der Waals surface area contributed by atoms with Gasteiger partial charge in [0, 0.05) is 0 Å². The zero-order valence-electron chi connectivity index (χ0n) is 11.5. The van der Waals surface area contributed by atoms with Gasteiger partial charge in [-0.1, -0.05) is 48.5 Å². The van der Waals surface area contributed by atoms with Gasteiger partial charge < -0.3 is 4.74 Å². The molecule has 3 heteroatoms. The van der Waals surface area contributed by atoms with Crippen LogP contribution in [0.3, 0.4) is 0 Å². The minimum absolute atomic E-state index is 0.283. The van der Waals surface area contributed by atoms with E-state index in [4.69, 9.17) is 4.74 Å². The van der Waals surface area contributed by atoms with Gasteiger partial charge in [-0.15, -0.1) is 0 Å². The Morgan fingerprint density at radius 2 is 1.65 bits per heavy atom. The van der Waals surface area contributed by atoms with E-state index in [9.17, 15) is 4.79 Å². The van der Waals surface area contributed by atoms with Gasteiger partial charge in [-0.05, 0) is 17.7 Å². The quantitative estimate of drug-likeness (QED) is 0.478. The molecule has 0 saturated heterocycles. The van der Waals surface area contributed by atoms with Crippen LogP contribution in [0.25, 0.3) is 0 Å². The first kappa shape index (κ1) is 14.3. The summed E-state index contributed by atoms with van der Waals surface area (Å²) in [4.78, 5) is 11.7. The number of rotatable bonds is 5. The highest BCUT2D eigenvalue weighted by Crippen LogP contribution is 2.01. The van der Waals surface area contributed by atoms with Crippen molar-refractivity contribution in [3.05, 3.63) is 78.0 Å². The maximum Gasteiger partial charge on any atom is 0.379 e. The number of carbonyl (C=O) groups is 1. The molecule has 20 heavy (non-hydrogen) atoms. The van der Waals surface area contributed by atoms with Crippen molar-refractivity contribution in [2.75, 3.05) is 0 Å². The predicted octanol–water partition coefficient (Wildman–Crippen LogP) is 2.86. The minimum atomic E-state index is -0.826. The maximum atomic E-state index is 11.7. The van der Waals surface area contributed by atoms with Gasteiger partial charge in [0.25, 0.3) is 0 Å². The first-order valence-electron chi connectivity index (χ1n) is 6.53. The summed E-state index contributed by atoms with van der Waals surface area (Å²) in [5.74, 6) is -0.283. The summed E-state index contributed by atoms with van der Waals surface area (Å²) in [6, 6.07) is 19.9. The molecule has 0 saturated carbocycles. The fourth-order valence-electron chi connectivity index (χ4n) is 1.77. The van der Waals surface area contributed by atoms with Crippen molar-refractivity contribution < 1.29 is 9.53 Å². The highest BCUT2D eigenvalue weighted by molar-refractivity contribution is 6.76. The summed E-state index contributed by atoms with van der Waals surface area (Å²) in [5.41, 5.74) is 2.96. The number of hydrogen-bond acceptors (Lipinski definition) is 2. The summed E-state index contributed by atoms with van der Waals surface area (Å²) in [6.07, 6.45) is 1.55. The van der Waals surface area contributed by atoms with Gasteiger partial charge in [-0.3, -0.25) is 0 Å². The summed E-state index contributed by atoms with van der Waals surface area (Å²) in [5, 5.41) is 1.28. The third kappa shape index (κ3) is 4.52. The van der Waals surface area contributed by atoms with Gasteiger partial charge in [0.05, 0.1) is 18.3 Å². The lowest BCUT2D eigenvalue weighted by atomic mass is 10.2. The normalized spacial score (nSPS) is 10.4. The van der Waals surface area contributed by atoms with Crippen LogP contribution < -0.4 is 5.19 Å². The van der Waals surface area contributed by atoms with E-state index < -0.39 is 8.80 Å². The molecule has 0 aliphatic rings. The Morgan fingerprint density at radius 1 is 1.05 bits per heavy atom. The predicted molar refractivity (Wildman–Crippen MR) is 83.1 cm³/mol. The Labute approximate surface area is 121 Å². The Bertz CT molecular complexity index is 564. The van der Waals surface area contributed by atoms with Crippen LogP contribution in [-0.4, -0.2) is 14.8 Å². The molecule has 100 valence electrons. The second kappa shape index (κ2) is 7.45. The van der Waals surface area contributed by atoms with Crippen molar-refractivity contribution in [1.82, 2.24) is 0 Å². The van der Waals surface area contributed by atoms with E-state index in [2.05, 4.69) is 18.7 Å². The van der Waals surface area contributed by atoms with Gasteiger partial charge in [-0.25, -0.2) is 4.79 Å². The first-order valence-corrected chi connectivity index (χ1v) is 8.61. The molecule has 0 spiro atoms. The number of ether oxygens (including phenoxy) is 1. The van der Waals surface area contributed by atoms with Crippen molar-refractivity contribution in [3.63, 3.8) is 0 Å². The fourth-order valence-corrected chi connectivity index (χ4v) is 3.06. The van der Waals surface area contributed by atoms with Gasteiger partial charge in [0.1, 0.15) is 11.8 Å². The number of benzene rings is 2. The summed E-state index contributed by atoms with van der Waals surface area (Å²) < 4.78 is 5.20. The second-order valence-corrected chi connectivity index (χ2v) is 6.75. The summed E-state index contributed by atoms with van der Waals surface area (Å²) in [6.45, 7) is 2.47. The average Bonchev–Trinajstić information content (AvgIpc) is 2.52. The van der Waals surface area contributed by atoms with Crippen LogP contribution in [0.15, 0.2) is 72.4 Å². The molecule has 0 atom stereocenters. The lowest BCUT2D eigenvalue weighted by Gasteiger charge is -2.00. The first-order chi connectivity index (χ1) is 9.75. The van der Waals surface area contributed by atoms with Crippen molar-refractivity contribution in [3.8, 4) is 0 Å². The highest BCUT2D eigenvalue weighted by atomic mass is 28.3. The van der Waals surface area contributed by atoms with Gasteiger partial charge in [0.2, 0.25) is 0 Å². The monoisotopic (exact) mass is 281 g/mol. The van der Waals surface area contributed by atoms with Crippen molar-refractivity contribution in [2.24, 2.45) is 0 Å². The average molecular weight is 281 g/mol. The Kier molecular flexibility index (Phi) is 5.32. The van der Waals surface area contributed by atoms with Gasteiger partial charge in [-0.2, -0.15) is 0 Å². The lowest BCUT2D eigenvalue weighted by molar-refractivity contribution is -0.138. The van der Waals surface area contributed by atoms with Crippen LogP contribution in [0.2, 0.25) is 6.55 Å². The smallest absolute Gasteiger partial charge is 0.379 e. The largest absolute Gasteiger partial charge is 0.458 e. The SMILES string of the molecule is C[Si+](/C=C/C(=O)OCc1ccccc1)c1ccccc1. The van der Waals surface area contributed by atoms with Crippen LogP contribution in [-0.2, 0) is 16.1 Å². The molecule has 0 N–H and O–H groups in total. The Hall–Kier alpha value is -2.13. The van der Waals surface area contributed by atoms with Gasteiger partial charge in [0.15, 0.2) is 0 Å². The third-order valence-electron chi connectivity index (χ3n) is 2.92. The van der Waals surface area contributed by atoms with E-state index in [1.807, 2.05) is 54.2 Å². The second-order valence-electron chi connectivity index (χ2n) is 4.48. The van der Waals surface area contributed by atoms with Crippen LogP contribution in [0.5, 0.6) is 0 Å². The fraction of sp³-hybridized carbons (Fsp3) is 0.118. The summed E-state index contributed by atoms with van der Waals surface area (Å²) in [7, 11) is -0.826. The highest BCUT2D eigenvalue weighted by Gasteiger charge is 2.19. The Morgan fingerprint density at radius 3 is 2.30 bits per heavy atom. The van der Waals surface area contributed by atoms with Gasteiger partial charge >= 0.3 is 14.8 Å². The molecule has 0 aromatic heterocycles. The van der Waals surface area contributed by atoms with Crippen LogP contribution in [0, 0.1) is 0 Å². The molecule has 0 fully saturated rings. The maximum absolute atomic E-state index is 11.7. The molecule has 2 nitrogen and oxygen atoms in total. The molecule has 2 rings (SSSR count). The standard InChI is InChI=1S/C17H17O2Si/c1-20(16-10-6-3-7-11-16)13-12-17(18)19-14-15-8-4-2-5-9-15/h2-13H,14H2,1H3/q+1/b13-12+. The lowest BCUT2D eigenvalue weighted by Crippen LogP contribution is -2.24. The molecule has 0 unspecified atom stereocenters. The molecule has 0 heterocycles. The van der Waals surface area contributed by atoms with Crippen molar-refractivity contribution in [2.45, 2.75) is 13.2 Å². The zero-order valence-corrected chi connectivity index (χ0v) is 12.5. The van der Waals surface area contributed by atoms with E-state index in [0.29, 0.717) is 6.61 Å². The van der Waals surface area contributed by atoms with Crippen LogP contribution >= 0.6 is 0 Å². The zero-order chi connectivity index (χ0) is 14.2. The summed E-state index contributed by atoms with van der Waals surface area (Å²) >= 11 is 0. The number of hydrogen-bond donors (Lipinski definition) is 0. The number of carbonyl (C=O) groups excluding carboxylic acids is 1. The third-order valence-corrected chi connectivity index (χ3v) is 4.83. The van der Waals surface area contributed by atoms with Crippen LogP contribution in [0.4, 0.5) is 0 Å². The Balaban J connectivity index is 1.84. The molecule has 2 aromatic rings. The number of esters is 1. The minimum Gasteiger partial charge on any atom is -0.458 e. The van der Waals surface area contributed by atoms with E-state index >= 15 is 0 Å². The van der Waals surface area contributed by atoms with E-state index in [-0.39, 0.29) is 5.97 Å². The molecule has 0 aliphatic carbocycles. The molecule has 0 bridgehead atoms. The van der Waals surface area contributed by atoms with Crippen molar-refractivity contribution >= 4 is 20.0 Å². The topological polar surface area (TPSA) is 26.3 Å². The molecule has 0 aliphatic heterocycles. The molecule has 0 amide bonds. The van der Waals surface area contributed by atoms with Crippen LogP contribution in [0.1, 0.15) is 5.56 Å². The molecule has 0 radical (unpaired) electrons. The van der Waals surface area contributed by atoms with E-state index in [0.717, 1.165) is 5.56 Å². The van der Waals surface area contributed by atoms with E-state index in [1.54, 1.807) is 6.08 Å². The van der Waals surface area contributed by atoms with E-state index in [1.165, 1.54) is 5.19 Å². The van der Waals surface area contributed by atoms with Crippen molar-refractivity contribution in [1.29, 1.82) is 0 Å². The molecule has 2 aromatic carbocycles. The molecular weight excluding hydrogens is 264 g/mol. The molecular formula is C17H17O2Si+.